The number of aliphatic carboxylic acids is 1. The average molecular weight is 312 g/mol. The van der Waals surface area contributed by atoms with E-state index in [9.17, 15) is 18.0 Å². The number of ether oxygens (including phenoxy) is 1. The molecule has 2 rings (SSSR count). The fourth-order valence-corrected chi connectivity index (χ4v) is 1.71. The number of rotatable bonds is 5. The summed E-state index contributed by atoms with van der Waals surface area (Å²) in [5.74, 6) is -0.912. The number of halogens is 3. The predicted molar refractivity (Wildman–Crippen MR) is 70.2 cm³/mol. The van der Waals surface area contributed by atoms with E-state index in [1.165, 1.54) is 30.6 Å². The van der Waals surface area contributed by atoms with E-state index in [1.807, 2.05) is 0 Å². The molecule has 2 aromatic rings. The molecular formula is C14H11F3N2O3. The van der Waals surface area contributed by atoms with Crippen LogP contribution in [0.1, 0.15) is 12.0 Å². The average Bonchev–Trinajstić information content (AvgIpc) is 2.47. The number of carboxylic acid groups (broad SMARTS) is 1. The lowest BCUT2D eigenvalue weighted by molar-refractivity contribution is -0.138. The van der Waals surface area contributed by atoms with E-state index in [-0.39, 0.29) is 30.2 Å². The minimum Gasteiger partial charge on any atom is -0.490 e. The van der Waals surface area contributed by atoms with Crippen LogP contribution < -0.4 is 4.74 Å². The Balaban J connectivity index is 2.19. The molecule has 22 heavy (non-hydrogen) atoms. The molecule has 0 aliphatic heterocycles. The Morgan fingerprint density at radius 1 is 1.18 bits per heavy atom. The molecule has 0 aliphatic rings. The van der Waals surface area contributed by atoms with Crippen molar-refractivity contribution in [3.63, 3.8) is 0 Å². The fourth-order valence-electron chi connectivity index (χ4n) is 1.71. The molecule has 0 amide bonds. The molecule has 0 saturated heterocycles. The van der Waals surface area contributed by atoms with Crippen LogP contribution in [0.15, 0.2) is 36.7 Å². The van der Waals surface area contributed by atoms with Crippen LogP contribution in [0.3, 0.4) is 0 Å². The maximum Gasteiger partial charge on any atom is 0.417 e. The summed E-state index contributed by atoms with van der Waals surface area (Å²) in [6.45, 7) is -0.0722. The number of aromatic nitrogens is 2. The lowest BCUT2D eigenvalue weighted by atomic mass is 10.1. The Labute approximate surface area is 123 Å². The van der Waals surface area contributed by atoms with Crippen molar-refractivity contribution in [2.75, 3.05) is 6.61 Å². The summed E-state index contributed by atoms with van der Waals surface area (Å²) >= 11 is 0. The molecule has 0 radical (unpaired) electrons. The van der Waals surface area contributed by atoms with Crippen molar-refractivity contribution in [1.82, 2.24) is 9.97 Å². The fraction of sp³-hybridized carbons (Fsp3) is 0.214. The number of hydrogen-bond acceptors (Lipinski definition) is 4. The summed E-state index contributed by atoms with van der Waals surface area (Å²) in [6.07, 6.45) is -2.29. The molecule has 0 saturated carbocycles. The summed E-state index contributed by atoms with van der Waals surface area (Å²) in [7, 11) is 0. The quantitative estimate of drug-likeness (QED) is 0.919. The zero-order valence-electron chi connectivity index (χ0n) is 11.2. The van der Waals surface area contributed by atoms with Gasteiger partial charge in [0.05, 0.1) is 31.0 Å². The molecule has 0 aliphatic carbocycles. The highest BCUT2D eigenvalue weighted by Crippen LogP contribution is 2.35. The van der Waals surface area contributed by atoms with Gasteiger partial charge in [0.25, 0.3) is 0 Å². The molecule has 1 aromatic heterocycles. The second-order valence-corrected chi connectivity index (χ2v) is 4.28. The number of carbonyl (C=O) groups is 1. The molecule has 116 valence electrons. The highest BCUT2D eigenvalue weighted by atomic mass is 19.4. The smallest absolute Gasteiger partial charge is 0.417 e. The number of nitrogens with zero attached hydrogens (tertiary/aromatic N) is 2. The Morgan fingerprint density at radius 2 is 1.82 bits per heavy atom. The molecule has 5 nitrogen and oxygen atoms in total. The Morgan fingerprint density at radius 3 is 2.41 bits per heavy atom. The van der Waals surface area contributed by atoms with Gasteiger partial charge in [-0.3, -0.25) is 4.79 Å². The van der Waals surface area contributed by atoms with Crippen LogP contribution in [0.5, 0.6) is 5.75 Å². The lowest BCUT2D eigenvalue weighted by Crippen LogP contribution is -2.08. The van der Waals surface area contributed by atoms with Gasteiger partial charge in [-0.15, -0.1) is 0 Å². The zero-order valence-corrected chi connectivity index (χ0v) is 11.2. The van der Waals surface area contributed by atoms with Crippen molar-refractivity contribution in [2.45, 2.75) is 12.6 Å². The maximum absolute atomic E-state index is 12.9. The second kappa shape index (κ2) is 6.42. The van der Waals surface area contributed by atoms with Crippen molar-refractivity contribution in [3.05, 3.63) is 42.2 Å². The van der Waals surface area contributed by atoms with Gasteiger partial charge in [-0.25, -0.2) is 9.97 Å². The second-order valence-electron chi connectivity index (χ2n) is 4.28. The third kappa shape index (κ3) is 3.94. The molecule has 1 heterocycles. The van der Waals surface area contributed by atoms with Crippen LogP contribution in [0.4, 0.5) is 13.2 Å². The largest absolute Gasteiger partial charge is 0.490 e. The summed E-state index contributed by atoms with van der Waals surface area (Å²) in [5.41, 5.74) is -0.957. The summed E-state index contributed by atoms with van der Waals surface area (Å²) in [6, 6.07) is 4.99. The third-order valence-electron chi connectivity index (χ3n) is 2.69. The van der Waals surface area contributed by atoms with Gasteiger partial charge in [0, 0.05) is 5.56 Å². The minimum atomic E-state index is -4.50. The van der Waals surface area contributed by atoms with E-state index in [1.54, 1.807) is 0 Å². The Bertz CT molecular complexity index is 657. The van der Waals surface area contributed by atoms with E-state index in [0.717, 1.165) is 6.07 Å². The van der Waals surface area contributed by atoms with E-state index >= 15 is 0 Å². The lowest BCUT2D eigenvalue weighted by Gasteiger charge is -2.11. The van der Waals surface area contributed by atoms with Crippen molar-refractivity contribution in [2.24, 2.45) is 0 Å². The highest BCUT2D eigenvalue weighted by molar-refractivity contribution is 5.66. The standard InChI is InChI=1S/C14H11F3N2O3/c15-14(16,17)11-4-2-1-3-10(11)13-18-7-9(8-19-13)22-6-5-12(20)21/h1-4,7-8H,5-6H2,(H,20,21). The van der Waals surface area contributed by atoms with Gasteiger partial charge in [-0.05, 0) is 6.07 Å². The highest BCUT2D eigenvalue weighted by Gasteiger charge is 2.33. The first kappa shape index (κ1) is 15.7. The normalized spacial score (nSPS) is 11.2. The predicted octanol–water partition coefficient (Wildman–Crippen LogP) is 3.02. The third-order valence-corrected chi connectivity index (χ3v) is 2.69. The number of benzene rings is 1. The van der Waals surface area contributed by atoms with Crippen LogP contribution in [0, 0.1) is 0 Å². The summed E-state index contributed by atoms with van der Waals surface area (Å²) in [5, 5.41) is 8.47. The molecule has 1 N–H and O–H groups in total. The van der Waals surface area contributed by atoms with Crippen LogP contribution in [-0.4, -0.2) is 27.7 Å². The first-order chi connectivity index (χ1) is 10.4. The molecule has 1 aromatic carbocycles. The van der Waals surface area contributed by atoms with Gasteiger partial charge in [-0.2, -0.15) is 13.2 Å². The van der Waals surface area contributed by atoms with E-state index in [0.29, 0.717) is 0 Å². The SMILES string of the molecule is O=C(O)CCOc1cnc(-c2ccccc2C(F)(F)F)nc1. The van der Waals surface area contributed by atoms with Gasteiger partial charge >= 0.3 is 12.1 Å². The molecule has 0 fully saturated rings. The van der Waals surface area contributed by atoms with Gasteiger partial charge in [0.15, 0.2) is 11.6 Å². The molecule has 0 atom stereocenters. The van der Waals surface area contributed by atoms with Gasteiger partial charge < -0.3 is 9.84 Å². The molecular weight excluding hydrogens is 301 g/mol. The minimum absolute atomic E-state index is 0.0722. The van der Waals surface area contributed by atoms with Crippen molar-refractivity contribution in [3.8, 4) is 17.1 Å². The number of hydrogen-bond donors (Lipinski definition) is 1. The van der Waals surface area contributed by atoms with E-state index in [2.05, 4.69) is 9.97 Å². The van der Waals surface area contributed by atoms with Crippen molar-refractivity contribution >= 4 is 5.97 Å². The zero-order chi connectivity index (χ0) is 16.2. The first-order valence-corrected chi connectivity index (χ1v) is 6.21. The molecule has 0 spiro atoms. The van der Waals surface area contributed by atoms with Crippen LogP contribution >= 0.6 is 0 Å². The van der Waals surface area contributed by atoms with Crippen LogP contribution in [0.2, 0.25) is 0 Å². The van der Waals surface area contributed by atoms with Crippen molar-refractivity contribution < 1.29 is 27.8 Å². The maximum atomic E-state index is 12.9. The molecule has 0 bridgehead atoms. The molecule has 8 heteroatoms. The molecule has 0 unspecified atom stereocenters. The van der Waals surface area contributed by atoms with Crippen molar-refractivity contribution in [1.29, 1.82) is 0 Å². The van der Waals surface area contributed by atoms with Gasteiger partial charge in [-0.1, -0.05) is 18.2 Å². The van der Waals surface area contributed by atoms with E-state index in [4.69, 9.17) is 9.84 Å². The topological polar surface area (TPSA) is 72.3 Å². The Hall–Kier alpha value is -2.64. The number of carboxylic acids is 1. The van der Waals surface area contributed by atoms with Gasteiger partial charge in [0.2, 0.25) is 0 Å². The summed E-state index contributed by atoms with van der Waals surface area (Å²) < 4.78 is 43.8. The summed E-state index contributed by atoms with van der Waals surface area (Å²) in [4.78, 5) is 18.0. The van der Waals surface area contributed by atoms with E-state index < -0.39 is 17.7 Å². The number of alkyl halides is 3. The van der Waals surface area contributed by atoms with Crippen LogP contribution in [0.25, 0.3) is 11.4 Å². The monoisotopic (exact) mass is 312 g/mol. The van der Waals surface area contributed by atoms with Crippen LogP contribution in [-0.2, 0) is 11.0 Å². The van der Waals surface area contributed by atoms with Gasteiger partial charge in [0.1, 0.15) is 0 Å². The Kier molecular flexibility index (Phi) is 4.59. The first-order valence-electron chi connectivity index (χ1n) is 6.21.